The van der Waals surface area contributed by atoms with E-state index in [1.165, 1.54) is 44.1 Å². The van der Waals surface area contributed by atoms with Crippen molar-refractivity contribution >= 4 is 15.9 Å². The molecule has 0 saturated heterocycles. The molecule has 1 heterocycles. The van der Waals surface area contributed by atoms with E-state index in [1.807, 2.05) is 6.20 Å². The molecule has 102 valence electrons. The Labute approximate surface area is 122 Å². The van der Waals surface area contributed by atoms with E-state index in [9.17, 15) is 0 Å². The molecule has 3 N–H and O–H groups in total. The fourth-order valence-electron chi connectivity index (χ4n) is 2.52. The second-order valence-electron chi connectivity index (χ2n) is 4.67. The van der Waals surface area contributed by atoms with E-state index in [2.05, 4.69) is 55.9 Å². The van der Waals surface area contributed by atoms with Crippen molar-refractivity contribution in [3.8, 4) is 11.3 Å². The predicted molar refractivity (Wildman–Crippen MR) is 83.0 cm³/mol. The fraction of sp³-hybridized carbons (Fsp3) is 0.400. The van der Waals surface area contributed by atoms with Crippen molar-refractivity contribution in [2.24, 2.45) is 5.73 Å². The molecule has 0 radical (unpaired) electrons. The minimum Gasteiger partial charge on any atom is -0.342 e. The summed E-state index contributed by atoms with van der Waals surface area (Å²) in [4.78, 5) is 7.99. The summed E-state index contributed by atoms with van der Waals surface area (Å²) in [5.74, 6) is 1.82. The Hall–Kier alpha value is -1.13. The van der Waals surface area contributed by atoms with E-state index < -0.39 is 0 Å². The zero-order valence-corrected chi connectivity index (χ0v) is 12.8. The van der Waals surface area contributed by atoms with Gasteiger partial charge in [0.1, 0.15) is 5.82 Å². The van der Waals surface area contributed by atoms with Crippen molar-refractivity contribution in [1.82, 2.24) is 9.97 Å². The van der Waals surface area contributed by atoms with Crippen LogP contribution >= 0.6 is 15.9 Å². The van der Waals surface area contributed by atoms with Crippen molar-refractivity contribution in [3.05, 3.63) is 40.8 Å². The average molecular weight is 322 g/mol. The normalized spacial score (nSPS) is 15.1. The van der Waals surface area contributed by atoms with Gasteiger partial charge in [0.25, 0.3) is 0 Å². The summed E-state index contributed by atoms with van der Waals surface area (Å²) in [6.07, 6.45) is 7.22. The molecule has 0 atom stereocenters. The molecule has 1 aliphatic rings. The molecule has 19 heavy (non-hydrogen) atoms. The largest absolute Gasteiger partial charge is 0.342 e. The highest BCUT2D eigenvalue weighted by Crippen LogP contribution is 2.33. The number of halogens is 1. The third kappa shape index (κ3) is 3.45. The van der Waals surface area contributed by atoms with Gasteiger partial charge in [0.05, 0.1) is 11.9 Å². The van der Waals surface area contributed by atoms with Crippen molar-refractivity contribution < 1.29 is 0 Å². The molecule has 1 aromatic heterocycles. The third-order valence-electron chi connectivity index (χ3n) is 3.49. The van der Waals surface area contributed by atoms with Crippen LogP contribution in [0.1, 0.15) is 37.4 Å². The van der Waals surface area contributed by atoms with Crippen molar-refractivity contribution in [1.29, 1.82) is 0 Å². The molecule has 0 unspecified atom stereocenters. The first-order chi connectivity index (χ1) is 9.33. The number of aromatic nitrogens is 2. The molecule has 4 heteroatoms. The molecule has 0 bridgehead atoms. The number of H-pyrrole nitrogens is 1. The maximum atomic E-state index is 4.53. The van der Waals surface area contributed by atoms with Crippen LogP contribution < -0.4 is 5.73 Å². The quantitative estimate of drug-likeness (QED) is 0.875. The van der Waals surface area contributed by atoms with Crippen LogP contribution in [0, 0.1) is 0 Å². The first kappa shape index (κ1) is 14.3. The summed E-state index contributed by atoms with van der Waals surface area (Å²) in [5, 5.41) is 0. The van der Waals surface area contributed by atoms with Crippen LogP contribution in [0.25, 0.3) is 11.3 Å². The highest BCUT2D eigenvalue weighted by molar-refractivity contribution is 9.10. The van der Waals surface area contributed by atoms with Crippen LogP contribution in [0.3, 0.4) is 0 Å². The fourth-order valence-corrected chi connectivity index (χ4v) is 2.78. The average Bonchev–Trinajstić information content (AvgIpc) is 3.13. The number of nitrogens with one attached hydrogen (secondary N) is 1. The number of aromatic amines is 1. The Morgan fingerprint density at radius 2 is 1.79 bits per heavy atom. The number of nitrogens with zero attached hydrogens (tertiary/aromatic N) is 1. The molecule has 1 aliphatic carbocycles. The van der Waals surface area contributed by atoms with E-state index in [0.717, 1.165) is 10.2 Å². The first-order valence-electron chi connectivity index (χ1n) is 6.71. The Morgan fingerprint density at radius 3 is 2.42 bits per heavy atom. The smallest absolute Gasteiger partial charge is 0.109 e. The molecular formula is C15H20BrN3. The van der Waals surface area contributed by atoms with Gasteiger partial charge in [-0.15, -0.1) is 0 Å². The van der Waals surface area contributed by atoms with Crippen LogP contribution in [0.2, 0.25) is 0 Å². The minimum absolute atomic E-state index is 0.652. The number of imidazole rings is 1. The van der Waals surface area contributed by atoms with Crippen LogP contribution in [0.5, 0.6) is 0 Å². The van der Waals surface area contributed by atoms with Crippen LogP contribution in [0.4, 0.5) is 0 Å². The molecule has 1 fully saturated rings. The van der Waals surface area contributed by atoms with E-state index in [0.29, 0.717) is 5.92 Å². The molecule has 1 aromatic carbocycles. The van der Waals surface area contributed by atoms with Crippen LogP contribution in [0.15, 0.2) is 34.9 Å². The Kier molecular flexibility index (Phi) is 5.16. The van der Waals surface area contributed by atoms with Crippen molar-refractivity contribution in [2.45, 2.75) is 31.6 Å². The van der Waals surface area contributed by atoms with Gasteiger partial charge in [-0.2, -0.15) is 0 Å². The second-order valence-corrected chi connectivity index (χ2v) is 5.59. The summed E-state index contributed by atoms with van der Waals surface area (Å²) >= 11 is 3.45. The molecule has 0 spiro atoms. The molecule has 2 aromatic rings. The zero-order chi connectivity index (χ0) is 13.7. The second kappa shape index (κ2) is 6.87. The molecule has 1 saturated carbocycles. The first-order valence-corrected chi connectivity index (χ1v) is 7.51. The Morgan fingerprint density at radius 1 is 1.16 bits per heavy atom. The summed E-state index contributed by atoms with van der Waals surface area (Å²) in [7, 11) is 1.50. The molecular weight excluding hydrogens is 302 g/mol. The SMILES string of the molecule is Brc1ccc(-c2cnc(C3CCCC3)[nH]2)cc1.CN. The lowest BCUT2D eigenvalue weighted by atomic mass is 10.1. The topological polar surface area (TPSA) is 54.7 Å². The number of hydrogen-bond acceptors (Lipinski definition) is 2. The van der Waals surface area contributed by atoms with Gasteiger partial charge in [-0.05, 0) is 37.6 Å². The van der Waals surface area contributed by atoms with Gasteiger partial charge in [-0.3, -0.25) is 0 Å². The van der Waals surface area contributed by atoms with Gasteiger partial charge < -0.3 is 10.7 Å². The number of nitrogens with two attached hydrogens (primary N) is 1. The van der Waals surface area contributed by atoms with Gasteiger partial charge in [-0.25, -0.2) is 4.98 Å². The monoisotopic (exact) mass is 321 g/mol. The van der Waals surface area contributed by atoms with E-state index >= 15 is 0 Å². The van der Waals surface area contributed by atoms with E-state index in [1.54, 1.807) is 0 Å². The molecule has 0 amide bonds. The van der Waals surface area contributed by atoms with Crippen LogP contribution in [-0.4, -0.2) is 17.0 Å². The highest BCUT2D eigenvalue weighted by atomic mass is 79.9. The minimum atomic E-state index is 0.652. The standard InChI is InChI=1S/C14H15BrN2.CH5N/c15-12-7-5-10(6-8-12)13-9-16-14(17-13)11-3-1-2-4-11;1-2/h5-9,11H,1-4H2,(H,16,17);2H2,1H3. The number of hydrogen-bond donors (Lipinski definition) is 2. The predicted octanol–water partition coefficient (Wildman–Crippen LogP) is 4.07. The lowest BCUT2D eigenvalue weighted by molar-refractivity contribution is 0.679. The number of benzene rings is 1. The molecule has 0 aliphatic heterocycles. The Balaban J connectivity index is 0.000000637. The third-order valence-corrected chi connectivity index (χ3v) is 4.02. The zero-order valence-electron chi connectivity index (χ0n) is 11.2. The summed E-state index contributed by atoms with van der Waals surface area (Å²) in [5.41, 5.74) is 6.82. The summed E-state index contributed by atoms with van der Waals surface area (Å²) in [6, 6.07) is 8.34. The maximum absolute atomic E-state index is 4.53. The summed E-state index contributed by atoms with van der Waals surface area (Å²) in [6.45, 7) is 0. The van der Waals surface area contributed by atoms with Crippen molar-refractivity contribution in [3.63, 3.8) is 0 Å². The molecule has 3 rings (SSSR count). The lowest BCUT2D eigenvalue weighted by Crippen LogP contribution is -1.94. The maximum Gasteiger partial charge on any atom is 0.109 e. The van der Waals surface area contributed by atoms with Gasteiger partial charge in [-0.1, -0.05) is 40.9 Å². The summed E-state index contributed by atoms with van der Waals surface area (Å²) < 4.78 is 1.11. The number of rotatable bonds is 2. The van der Waals surface area contributed by atoms with E-state index in [-0.39, 0.29) is 0 Å². The molecule has 3 nitrogen and oxygen atoms in total. The lowest BCUT2D eigenvalue weighted by Gasteiger charge is -2.04. The van der Waals surface area contributed by atoms with Gasteiger partial charge >= 0.3 is 0 Å². The highest BCUT2D eigenvalue weighted by Gasteiger charge is 2.19. The van der Waals surface area contributed by atoms with Gasteiger partial charge in [0, 0.05) is 10.4 Å². The Bertz CT molecular complexity index is 498. The van der Waals surface area contributed by atoms with Crippen LogP contribution in [-0.2, 0) is 0 Å². The van der Waals surface area contributed by atoms with E-state index in [4.69, 9.17) is 0 Å². The van der Waals surface area contributed by atoms with Gasteiger partial charge in [0.15, 0.2) is 0 Å². The van der Waals surface area contributed by atoms with Crippen molar-refractivity contribution in [2.75, 3.05) is 7.05 Å². The van der Waals surface area contributed by atoms with Gasteiger partial charge in [0.2, 0.25) is 0 Å².